The molecule has 0 aromatic heterocycles. The second-order valence-corrected chi connectivity index (χ2v) is 5.34. The van der Waals surface area contributed by atoms with Crippen molar-refractivity contribution in [2.45, 2.75) is 13.3 Å². The average Bonchev–Trinajstić information content (AvgIpc) is 2.98. The van der Waals surface area contributed by atoms with E-state index in [1.54, 1.807) is 6.92 Å². The van der Waals surface area contributed by atoms with E-state index in [4.69, 9.17) is 9.47 Å². The van der Waals surface area contributed by atoms with E-state index < -0.39 is 11.9 Å². The van der Waals surface area contributed by atoms with Crippen LogP contribution in [0.25, 0.3) is 0 Å². The highest BCUT2D eigenvalue weighted by Gasteiger charge is 2.30. The Bertz CT molecular complexity index is 582. The minimum absolute atomic E-state index is 0.210. The van der Waals surface area contributed by atoms with Gasteiger partial charge >= 0.3 is 11.9 Å². The van der Waals surface area contributed by atoms with E-state index >= 15 is 0 Å². The SMILES string of the molecule is CCOC(=O)C(=O)N1CCc2cc(N3CCOCC3)ccc21. The lowest BCUT2D eigenvalue weighted by atomic mass is 10.1. The summed E-state index contributed by atoms with van der Waals surface area (Å²) < 4.78 is 10.2. The van der Waals surface area contributed by atoms with Gasteiger partial charge in [0.2, 0.25) is 0 Å². The molecule has 118 valence electrons. The van der Waals surface area contributed by atoms with Gasteiger partial charge in [0.1, 0.15) is 0 Å². The molecule has 6 heteroatoms. The number of esters is 1. The van der Waals surface area contributed by atoms with Gasteiger partial charge in [-0.25, -0.2) is 4.79 Å². The quantitative estimate of drug-likeness (QED) is 0.602. The lowest BCUT2D eigenvalue weighted by Gasteiger charge is -2.29. The van der Waals surface area contributed by atoms with E-state index in [1.165, 1.54) is 4.90 Å². The van der Waals surface area contributed by atoms with Crippen molar-refractivity contribution >= 4 is 23.3 Å². The van der Waals surface area contributed by atoms with Crippen LogP contribution >= 0.6 is 0 Å². The highest BCUT2D eigenvalue weighted by molar-refractivity contribution is 6.38. The van der Waals surface area contributed by atoms with Crippen molar-refractivity contribution in [1.82, 2.24) is 0 Å². The minimum atomic E-state index is -0.785. The third-order valence-corrected chi connectivity index (χ3v) is 4.03. The van der Waals surface area contributed by atoms with Crippen molar-refractivity contribution in [1.29, 1.82) is 0 Å². The first-order chi connectivity index (χ1) is 10.7. The third kappa shape index (κ3) is 2.78. The molecule has 6 nitrogen and oxygen atoms in total. The van der Waals surface area contributed by atoms with Crippen LogP contribution in [0.5, 0.6) is 0 Å². The molecule has 1 saturated heterocycles. The summed E-state index contributed by atoms with van der Waals surface area (Å²) in [5.41, 5.74) is 3.06. The zero-order chi connectivity index (χ0) is 15.5. The summed E-state index contributed by atoms with van der Waals surface area (Å²) in [6.07, 6.45) is 0.763. The van der Waals surface area contributed by atoms with Gasteiger partial charge in [-0.3, -0.25) is 4.79 Å². The van der Waals surface area contributed by atoms with Crippen LogP contribution in [-0.4, -0.2) is 51.3 Å². The summed E-state index contributed by atoms with van der Waals surface area (Å²) in [4.78, 5) is 27.5. The fourth-order valence-electron chi connectivity index (χ4n) is 2.92. The largest absolute Gasteiger partial charge is 0.459 e. The predicted molar refractivity (Wildman–Crippen MR) is 82.2 cm³/mol. The van der Waals surface area contributed by atoms with Crippen molar-refractivity contribution in [3.8, 4) is 0 Å². The highest BCUT2D eigenvalue weighted by Crippen LogP contribution is 2.32. The van der Waals surface area contributed by atoms with Crippen LogP contribution < -0.4 is 9.80 Å². The van der Waals surface area contributed by atoms with E-state index in [2.05, 4.69) is 11.0 Å². The number of anilines is 2. The number of amides is 1. The Morgan fingerprint density at radius 3 is 2.73 bits per heavy atom. The average molecular weight is 304 g/mol. The van der Waals surface area contributed by atoms with Gasteiger partial charge in [0.05, 0.1) is 19.8 Å². The number of carbonyl (C=O) groups is 2. The topological polar surface area (TPSA) is 59.1 Å². The molecule has 2 aliphatic rings. The molecule has 0 aliphatic carbocycles. The van der Waals surface area contributed by atoms with Crippen LogP contribution in [0.2, 0.25) is 0 Å². The van der Waals surface area contributed by atoms with Gasteiger partial charge in [0.25, 0.3) is 0 Å². The van der Waals surface area contributed by atoms with Gasteiger partial charge in [-0.2, -0.15) is 0 Å². The van der Waals surface area contributed by atoms with Crippen LogP contribution in [0.4, 0.5) is 11.4 Å². The summed E-state index contributed by atoms with van der Waals surface area (Å²) >= 11 is 0. The Balaban J connectivity index is 1.77. The second kappa shape index (κ2) is 6.36. The van der Waals surface area contributed by atoms with Gasteiger partial charge in [0.15, 0.2) is 0 Å². The third-order valence-electron chi connectivity index (χ3n) is 4.03. The second-order valence-electron chi connectivity index (χ2n) is 5.34. The summed E-state index contributed by atoms with van der Waals surface area (Å²) in [5, 5.41) is 0. The molecule has 1 fully saturated rings. The summed E-state index contributed by atoms with van der Waals surface area (Å²) in [6, 6.07) is 6.03. The molecule has 1 aromatic rings. The molecule has 0 unspecified atom stereocenters. The van der Waals surface area contributed by atoms with Gasteiger partial charge in [-0.15, -0.1) is 0 Å². The predicted octanol–water partition coefficient (Wildman–Crippen LogP) is 0.975. The van der Waals surface area contributed by atoms with Crippen LogP contribution in [0.1, 0.15) is 12.5 Å². The fourth-order valence-corrected chi connectivity index (χ4v) is 2.92. The molecule has 3 rings (SSSR count). The first-order valence-electron chi connectivity index (χ1n) is 7.65. The summed E-state index contributed by atoms with van der Waals surface area (Å²) in [6.45, 7) is 5.67. The fraction of sp³-hybridized carbons (Fsp3) is 0.500. The van der Waals surface area contributed by atoms with Crippen molar-refractivity contribution in [2.24, 2.45) is 0 Å². The standard InChI is InChI=1S/C16H20N2O4/c1-2-22-16(20)15(19)18-6-5-12-11-13(3-4-14(12)18)17-7-9-21-10-8-17/h3-4,11H,2,5-10H2,1H3. The van der Waals surface area contributed by atoms with Crippen LogP contribution in [0.3, 0.4) is 0 Å². The van der Waals surface area contributed by atoms with Crippen LogP contribution in [0, 0.1) is 0 Å². The molecule has 0 bridgehead atoms. The Hall–Kier alpha value is -2.08. The van der Waals surface area contributed by atoms with Crippen LogP contribution in [-0.2, 0) is 25.5 Å². The van der Waals surface area contributed by atoms with Crippen molar-refractivity contribution in [3.63, 3.8) is 0 Å². The number of fused-ring (bicyclic) bond motifs is 1. The Morgan fingerprint density at radius 2 is 2.00 bits per heavy atom. The molecule has 0 saturated carbocycles. The molecule has 0 N–H and O–H groups in total. The van der Waals surface area contributed by atoms with Crippen molar-refractivity contribution in [2.75, 3.05) is 49.3 Å². The number of morpholine rings is 1. The minimum Gasteiger partial charge on any atom is -0.459 e. The molecular formula is C16H20N2O4. The van der Waals surface area contributed by atoms with Gasteiger partial charge in [-0.1, -0.05) is 0 Å². The molecule has 2 heterocycles. The van der Waals surface area contributed by atoms with E-state index in [0.29, 0.717) is 6.54 Å². The van der Waals surface area contributed by atoms with E-state index in [9.17, 15) is 9.59 Å². The summed E-state index contributed by atoms with van der Waals surface area (Å²) in [7, 11) is 0. The molecule has 1 amide bonds. The maximum absolute atomic E-state index is 12.1. The molecule has 0 atom stereocenters. The normalized spacial score (nSPS) is 17.3. The Labute approximate surface area is 129 Å². The number of rotatable bonds is 2. The Morgan fingerprint density at radius 1 is 1.23 bits per heavy atom. The zero-order valence-electron chi connectivity index (χ0n) is 12.7. The van der Waals surface area contributed by atoms with E-state index in [0.717, 1.165) is 49.7 Å². The lowest BCUT2D eigenvalue weighted by Crippen LogP contribution is -2.37. The monoisotopic (exact) mass is 304 g/mol. The number of hydrogen-bond acceptors (Lipinski definition) is 5. The van der Waals surface area contributed by atoms with Gasteiger partial charge < -0.3 is 19.3 Å². The highest BCUT2D eigenvalue weighted by atomic mass is 16.5. The smallest absolute Gasteiger partial charge is 0.397 e. The number of hydrogen-bond donors (Lipinski definition) is 0. The number of ether oxygens (including phenoxy) is 2. The maximum Gasteiger partial charge on any atom is 0.397 e. The first kappa shape index (κ1) is 14.8. The molecule has 1 aromatic carbocycles. The first-order valence-corrected chi connectivity index (χ1v) is 7.65. The Kier molecular flexibility index (Phi) is 4.29. The zero-order valence-corrected chi connectivity index (χ0v) is 12.7. The summed E-state index contributed by atoms with van der Waals surface area (Å²) in [5.74, 6) is -1.37. The molecule has 2 aliphatic heterocycles. The van der Waals surface area contributed by atoms with E-state index in [-0.39, 0.29) is 6.61 Å². The lowest BCUT2D eigenvalue weighted by molar-refractivity contribution is -0.153. The van der Waals surface area contributed by atoms with Crippen molar-refractivity contribution < 1.29 is 19.1 Å². The maximum atomic E-state index is 12.1. The van der Waals surface area contributed by atoms with E-state index in [1.807, 2.05) is 12.1 Å². The van der Waals surface area contributed by atoms with Gasteiger partial charge in [0, 0.05) is 31.0 Å². The number of carbonyl (C=O) groups excluding carboxylic acids is 2. The number of nitrogens with zero attached hydrogens (tertiary/aromatic N) is 2. The van der Waals surface area contributed by atoms with Gasteiger partial charge in [-0.05, 0) is 37.1 Å². The molecular weight excluding hydrogens is 284 g/mol. The molecule has 22 heavy (non-hydrogen) atoms. The molecule has 0 spiro atoms. The van der Waals surface area contributed by atoms with Crippen molar-refractivity contribution in [3.05, 3.63) is 23.8 Å². The molecule has 0 radical (unpaired) electrons. The van der Waals surface area contributed by atoms with Crippen LogP contribution in [0.15, 0.2) is 18.2 Å². The number of benzene rings is 1.